The minimum absolute atomic E-state index is 0.0726. The lowest BCUT2D eigenvalue weighted by Crippen LogP contribution is -2.53. The van der Waals surface area contributed by atoms with Gasteiger partial charge in [0.2, 0.25) is 0 Å². The molecule has 5 N–H and O–H groups in total. The first kappa shape index (κ1) is 21.9. The third-order valence-corrected chi connectivity index (χ3v) is 5.23. The van der Waals surface area contributed by atoms with E-state index in [4.69, 9.17) is 10.5 Å². The lowest BCUT2D eigenvalue weighted by atomic mass is 9.99. The highest BCUT2D eigenvalue weighted by Crippen LogP contribution is 2.37. The van der Waals surface area contributed by atoms with Gasteiger partial charge in [0.15, 0.2) is 0 Å². The number of fused-ring (bicyclic) bond motifs is 1. The molecule has 9 heteroatoms. The SMILES string of the molecule is Cc1[nH]c2c(C(N)=O)cc(F)c(N3C[C@H](O)C[C@H](NC(=O)OC(C)(C)C)C3)c2c1C. The van der Waals surface area contributed by atoms with E-state index in [1.54, 1.807) is 25.7 Å². The fourth-order valence-corrected chi connectivity index (χ4v) is 3.94. The molecule has 0 radical (unpaired) electrons. The third kappa shape index (κ3) is 4.35. The van der Waals surface area contributed by atoms with E-state index in [1.807, 2.05) is 13.8 Å². The Bertz CT molecular complexity index is 995. The number of hydrogen-bond acceptors (Lipinski definition) is 5. The number of aromatic nitrogens is 1. The largest absolute Gasteiger partial charge is 0.444 e. The minimum atomic E-state index is -0.774. The van der Waals surface area contributed by atoms with E-state index in [0.29, 0.717) is 17.3 Å². The molecule has 1 aromatic carbocycles. The van der Waals surface area contributed by atoms with Crippen LogP contribution in [0.2, 0.25) is 0 Å². The summed E-state index contributed by atoms with van der Waals surface area (Å²) in [5.74, 6) is -1.33. The van der Waals surface area contributed by atoms with Crippen molar-refractivity contribution in [2.75, 3.05) is 18.0 Å². The van der Waals surface area contributed by atoms with E-state index in [2.05, 4.69) is 10.3 Å². The lowest BCUT2D eigenvalue weighted by Gasteiger charge is -2.38. The summed E-state index contributed by atoms with van der Waals surface area (Å²) in [6.45, 7) is 9.42. The van der Waals surface area contributed by atoms with Gasteiger partial charge in [0, 0.05) is 24.2 Å². The number of aliphatic hydroxyl groups excluding tert-OH is 1. The highest BCUT2D eigenvalue weighted by molar-refractivity contribution is 6.10. The van der Waals surface area contributed by atoms with Gasteiger partial charge in [0.05, 0.1) is 28.9 Å². The summed E-state index contributed by atoms with van der Waals surface area (Å²) in [5, 5.41) is 13.7. The molecule has 1 aliphatic heterocycles. The highest BCUT2D eigenvalue weighted by atomic mass is 19.1. The number of amides is 2. The molecule has 1 fully saturated rings. The van der Waals surface area contributed by atoms with Crippen LogP contribution in [0.4, 0.5) is 14.9 Å². The lowest BCUT2D eigenvalue weighted by molar-refractivity contribution is 0.0473. The highest BCUT2D eigenvalue weighted by Gasteiger charge is 2.32. The van der Waals surface area contributed by atoms with Crippen LogP contribution in [-0.4, -0.2) is 52.9 Å². The second kappa shape index (κ2) is 7.79. The number of halogens is 1. The van der Waals surface area contributed by atoms with Gasteiger partial charge in [-0.3, -0.25) is 4.79 Å². The number of piperidine rings is 1. The average Bonchev–Trinajstić information content (AvgIpc) is 2.87. The summed E-state index contributed by atoms with van der Waals surface area (Å²) >= 11 is 0. The number of anilines is 1. The van der Waals surface area contributed by atoms with Crippen molar-refractivity contribution in [1.29, 1.82) is 0 Å². The van der Waals surface area contributed by atoms with Crippen molar-refractivity contribution in [2.24, 2.45) is 5.73 Å². The molecule has 2 amide bonds. The number of ether oxygens (including phenoxy) is 1. The molecule has 2 heterocycles. The number of nitrogens with two attached hydrogens (primary N) is 1. The summed E-state index contributed by atoms with van der Waals surface area (Å²) in [4.78, 5) is 28.8. The zero-order valence-corrected chi connectivity index (χ0v) is 17.9. The fourth-order valence-electron chi connectivity index (χ4n) is 3.94. The first-order chi connectivity index (χ1) is 13.9. The summed E-state index contributed by atoms with van der Waals surface area (Å²) in [7, 11) is 0. The van der Waals surface area contributed by atoms with Gasteiger partial charge in [0.25, 0.3) is 5.91 Å². The van der Waals surface area contributed by atoms with Crippen molar-refractivity contribution in [3.05, 3.63) is 28.7 Å². The summed E-state index contributed by atoms with van der Waals surface area (Å²) in [6, 6.07) is 0.682. The molecule has 8 nitrogen and oxygen atoms in total. The van der Waals surface area contributed by atoms with E-state index in [1.165, 1.54) is 0 Å². The van der Waals surface area contributed by atoms with E-state index in [9.17, 15) is 14.7 Å². The van der Waals surface area contributed by atoms with Crippen LogP contribution in [0.15, 0.2) is 6.07 Å². The maximum absolute atomic E-state index is 15.2. The van der Waals surface area contributed by atoms with Gasteiger partial charge in [0.1, 0.15) is 11.4 Å². The van der Waals surface area contributed by atoms with Crippen molar-refractivity contribution in [3.8, 4) is 0 Å². The first-order valence-electron chi connectivity index (χ1n) is 9.91. The molecule has 164 valence electrons. The molecule has 1 aliphatic rings. The molecule has 0 spiro atoms. The Labute approximate surface area is 174 Å². The molecule has 2 aromatic rings. The van der Waals surface area contributed by atoms with Crippen LogP contribution in [0.3, 0.4) is 0 Å². The Hall–Kier alpha value is -2.81. The number of aryl methyl sites for hydroxylation is 2. The van der Waals surface area contributed by atoms with Crippen LogP contribution in [0, 0.1) is 19.7 Å². The molecule has 1 saturated heterocycles. The van der Waals surface area contributed by atoms with Crippen LogP contribution in [0.5, 0.6) is 0 Å². The Balaban J connectivity index is 1.98. The molecular formula is C21H29FN4O4. The van der Waals surface area contributed by atoms with Crippen molar-refractivity contribution in [2.45, 2.75) is 58.8 Å². The zero-order valence-electron chi connectivity index (χ0n) is 17.9. The Morgan fingerprint density at radius 3 is 2.60 bits per heavy atom. The number of alkyl carbamates (subject to hydrolysis) is 1. The number of aliphatic hydroxyl groups is 1. The van der Waals surface area contributed by atoms with Crippen molar-refractivity contribution in [1.82, 2.24) is 10.3 Å². The number of primary amides is 1. The number of carbonyl (C=O) groups excluding carboxylic acids is 2. The molecule has 0 aliphatic carbocycles. The number of carbonyl (C=O) groups is 2. The predicted octanol–water partition coefficient (Wildman–Crippen LogP) is 2.49. The van der Waals surface area contributed by atoms with Crippen molar-refractivity contribution >= 4 is 28.6 Å². The number of benzene rings is 1. The fraction of sp³-hybridized carbons (Fsp3) is 0.524. The average molecular weight is 420 g/mol. The van der Waals surface area contributed by atoms with Crippen LogP contribution in [0.1, 0.15) is 48.8 Å². The molecular weight excluding hydrogens is 391 g/mol. The maximum atomic E-state index is 15.2. The quantitative estimate of drug-likeness (QED) is 0.608. The zero-order chi connectivity index (χ0) is 22.4. The van der Waals surface area contributed by atoms with Gasteiger partial charge in [-0.15, -0.1) is 0 Å². The van der Waals surface area contributed by atoms with E-state index < -0.39 is 35.6 Å². The number of rotatable bonds is 3. The second-order valence-electron chi connectivity index (χ2n) is 8.88. The van der Waals surface area contributed by atoms with Crippen molar-refractivity contribution in [3.63, 3.8) is 0 Å². The van der Waals surface area contributed by atoms with Crippen LogP contribution < -0.4 is 16.0 Å². The Morgan fingerprint density at radius 2 is 2.00 bits per heavy atom. The molecule has 0 unspecified atom stereocenters. The predicted molar refractivity (Wildman–Crippen MR) is 112 cm³/mol. The number of β-amino-alcohol motifs (C(OH)–C–C–N with tert-alkyl or cyclic N) is 1. The first-order valence-corrected chi connectivity index (χ1v) is 9.91. The number of aromatic amines is 1. The summed E-state index contributed by atoms with van der Waals surface area (Å²) in [5.41, 5.74) is 7.18. The van der Waals surface area contributed by atoms with Gasteiger partial charge < -0.3 is 30.8 Å². The minimum Gasteiger partial charge on any atom is -0.444 e. The molecule has 1 aromatic heterocycles. The van der Waals surface area contributed by atoms with Crippen LogP contribution in [0.25, 0.3) is 10.9 Å². The molecule has 3 rings (SSSR count). The number of nitrogens with zero attached hydrogens (tertiary/aromatic N) is 1. The number of H-pyrrole nitrogens is 1. The third-order valence-electron chi connectivity index (χ3n) is 5.23. The molecule has 2 atom stereocenters. The van der Waals surface area contributed by atoms with Crippen LogP contribution >= 0.6 is 0 Å². The molecule has 0 saturated carbocycles. The molecule has 0 bridgehead atoms. The maximum Gasteiger partial charge on any atom is 0.407 e. The van der Waals surface area contributed by atoms with E-state index in [0.717, 1.165) is 17.3 Å². The second-order valence-corrected chi connectivity index (χ2v) is 8.88. The normalized spacial score (nSPS) is 19.8. The van der Waals surface area contributed by atoms with Crippen molar-refractivity contribution < 1.29 is 23.8 Å². The van der Waals surface area contributed by atoms with Crippen LogP contribution in [-0.2, 0) is 4.74 Å². The smallest absolute Gasteiger partial charge is 0.407 e. The summed E-state index contributed by atoms with van der Waals surface area (Å²) in [6.07, 6.45) is -1.04. The number of nitrogens with one attached hydrogen (secondary N) is 2. The Morgan fingerprint density at radius 1 is 1.33 bits per heavy atom. The molecule has 30 heavy (non-hydrogen) atoms. The topological polar surface area (TPSA) is 121 Å². The van der Waals surface area contributed by atoms with E-state index in [-0.39, 0.29) is 24.3 Å². The number of hydrogen-bond donors (Lipinski definition) is 4. The van der Waals surface area contributed by atoms with Gasteiger partial charge in [-0.2, -0.15) is 0 Å². The standard InChI is InChI=1S/C21H29FN4O4/c1-10-11(2)24-17-14(19(23)28)7-15(22)18(16(10)17)26-8-12(6-13(27)9-26)25-20(29)30-21(3,4)5/h7,12-13,24,27H,6,8-9H2,1-5H3,(H2,23,28)(H,25,29)/t12-,13+/m0/s1. The van der Waals surface area contributed by atoms with Gasteiger partial charge in [-0.05, 0) is 52.7 Å². The van der Waals surface area contributed by atoms with E-state index >= 15 is 4.39 Å². The van der Waals surface area contributed by atoms with Gasteiger partial charge in [-0.1, -0.05) is 0 Å². The summed E-state index contributed by atoms with van der Waals surface area (Å²) < 4.78 is 20.5. The monoisotopic (exact) mass is 420 g/mol. The van der Waals surface area contributed by atoms with Gasteiger partial charge in [-0.25, -0.2) is 9.18 Å². The van der Waals surface area contributed by atoms with Gasteiger partial charge >= 0.3 is 6.09 Å². The Kier molecular flexibility index (Phi) is 5.68.